The fraction of sp³-hybridized carbons (Fsp3) is 0.200. The van der Waals surface area contributed by atoms with E-state index in [9.17, 15) is 9.18 Å². The summed E-state index contributed by atoms with van der Waals surface area (Å²) < 4.78 is 17.9. The number of hydrogen-bond donors (Lipinski definition) is 2. The molecular formula is C15H14FN5O2S. The summed E-state index contributed by atoms with van der Waals surface area (Å²) in [6, 6.07) is 5.75. The van der Waals surface area contributed by atoms with Crippen molar-refractivity contribution in [2.75, 3.05) is 11.1 Å². The zero-order chi connectivity index (χ0) is 17.3. The molecule has 0 amide bonds. The SMILES string of the molecule is CC(C)c1noc(C(=O)c2sc(Nc3ccc(F)cc3)nc2N)n1. The van der Waals surface area contributed by atoms with Crippen molar-refractivity contribution < 1.29 is 13.7 Å². The third kappa shape index (κ3) is 3.25. The molecule has 124 valence electrons. The van der Waals surface area contributed by atoms with Gasteiger partial charge in [-0.05, 0) is 24.3 Å². The Labute approximate surface area is 140 Å². The molecule has 0 aliphatic rings. The molecule has 9 heteroatoms. The van der Waals surface area contributed by atoms with E-state index < -0.39 is 5.78 Å². The molecule has 1 aromatic carbocycles. The fourth-order valence-corrected chi connectivity index (χ4v) is 2.70. The van der Waals surface area contributed by atoms with Crippen LogP contribution in [0.3, 0.4) is 0 Å². The van der Waals surface area contributed by atoms with Crippen LogP contribution in [0.25, 0.3) is 0 Å². The number of nitrogens with one attached hydrogen (secondary N) is 1. The maximum atomic E-state index is 12.9. The molecule has 0 radical (unpaired) electrons. The summed E-state index contributed by atoms with van der Waals surface area (Å²) in [6.07, 6.45) is 0. The van der Waals surface area contributed by atoms with Gasteiger partial charge in [0.1, 0.15) is 16.5 Å². The Balaban J connectivity index is 1.82. The number of anilines is 3. The van der Waals surface area contributed by atoms with E-state index in [2.05, 4.69) is 20.4 Å². The number of thiazole rings is 1. The third-order valence-corrected chi connectivity index (χ3v) is 4.09. The Bertz CT molecular complexity index is 872. The maximum absolute atomic E-state index is 12.9. The topological polar surface area (TPSA) is 107 Å². The van der Waals surface area contributed by atoms with Gasteiger partial charge in [0, 0.05) is 11.6 Å². The first-order chi connectivity index (χ1) is 11.4. The van der Waals surface area contributed by atoms with Crippen molar-refractivity contribution in [2.45, 2.75) is 19.8 Å². The summed E-state index contributed by atoms with van der Waals surface area (Å²) in [6.45, 7) is 3.79. The molecule has 0 atom stereocenters. The molecule has 3 aromatic rings. The lowest BCUT2D eigenvalue weighted by atomic mass is 10.2. The highest BCUT2D eigenvalue weighted by Gasteiger charge is 2.24. The van der Waals surface area contributed by atoms with E-state index >= 15 is 0 Å². The average Bonchev–Trinajstić information content (AvgIpc) is 3.16. The summed E-state index contributed by atoms with van der Waals surface area (Å²) in [7, 11) is 0. The number of nitrogen functional groups attached to an aromatic ring is 1. The summed E-state index contributed by atoms with van der Waals surface area (Å²) in [5, 5.41) is 7.13. The van der Waals surface area contributed by atoms with E-state index in [-0.39, 0.29) is 28.3 Å². The standard InChI is InChI=1S/C15H14FN5O2S/c1-7(2)13-20-14(23-21-13)10(22)11-12(17)19-15(24-11)18-9-5-3-8(16)4-6-9/h3-7H,17H2,1-2H3,(H,18,19). The van der Waals surface area contributed by atoms with Crippen molar-refractivity contribution >= 4 is 33.8 Å². The second kappa shape index (κ2) is 6.36. The highest BCUT2D eigenvalue weighted by atomic mass is 32.1. The van der Waals surface area contributed by atoms with Crippen LogP contribution in [-0.4, -0.2) is 20.9 Å². The molecule has 0 bridgehead atoms. The minimum Gasteiger partial charge on any atom is -0.382 e. The van der Waals surface area contributed by atoms with Gasteiger partial charge in [-0.2, -0.15) is 4.98 Å². The van der Waals surface area contributed by atoms with Gasteiger partial charge in [0.15, 0.2) is 11.0 Å². The summed E-state index contributed by atoms with van der Waals surface area (Å²) in [5.74, 6) is -0.374. The molecule has 7 nitrogen and oxygen atoms in total. The lowest BCUT2D eigenvalue weighted by Crippen LogP contribution is -2.03. The quantitative estimate of drug-likeness (QED) is 0.682. The molecule has 0 fully saturated rings. The number of carbonyl (C=O) groups excluding carboxylic acids is 1. The Kier molecular flexibility index (Phi) is 4.26. The molecule has 3 N–H and O–H groups in total. The average molecular weight is 347 g/mol. The van der Waals surface area contributed by atoms with Crippen LogP contribution in [0.1, 0.15) is 41.2 Å². The van der Waals surface area contributed by atoms with Crippen molar-refractivity contribution in [3.8, 4) is 0 Å². The molecule has 3 rings (SSSR count). The van der Waals surface area contributed by atoms with E-state index in [0.29, 0.717) is 16.6 Å². The molecule has 0 aliphatic carbocycles. The second-order valence-corrected chi connectivity index (χ2v) is 6.31. The zero-order valence-electron chi connectivity index (χ0n) is 12.9. The zero-order valence-corrected chi connectivity index (χ0v) is 13.7. The van der Waals surface area contributed by atoms with E-state index in [1.807, 2.05) is 13.8 Å². The van der Waals surface area contributed by atoms with Crippen LogP contribution in [0.5, 0.6) is 0 Å². The Morgan fingerprint density at radius 3 is 2.62 bits per heavy atom. The van der Waals surface area contributed by atoms with Crippen molar-refractivity contribution in [2.24, 2.45) is 0 Å². The van der Waals surface area contributed by atoms with Gasteiger partial charge in [-0.1, -0.05) is 30.3 Å². The molecule has 0 aliphatic heterocycles. The van der Waals surface area contributed by atoms with Crippen LogP contribution in [0.15, 0.2) is 28.8 Å². The van der Waals surface area contributed by atoms with Crippen LogP contribution in [0, 0.1) is 5.82 Å². The normalized spacial score (nSPS) is 11.0. The van der Waals surface area contributed by atoms with Crippen LogP contribution >= 0.6 is 11.3 Å². The smallest absolute Gasteiger partial charge is 0.300 e. The van der Waals surface area contributed by atoms with Gasteiger partial charge >= 0.3 is 0 Å². The molecule has 2 heterocycles. The monoisotopic (exact) mass is 347 g/mol. The van der Waals surface area contributed by atoms with E-state index in [4.69, 9.17) is 10.3 Å². The van der Waals surface area contributed by atoms with Gasteiger partial charge in [-0.3, -0.25) is 4.79 Å². The number of rotatable bonds is 5. The van der Waals surface area contributed by atoms with Gasteiger partial charge in [0.2, 0.25) is 0 Å². The molecular weight excluding hydrogens is 333 g/mol. The lowest BCUT2D eigenvalue weighted by molar-refractivity contribution is 0.0998. The van der Waals surface area contributed by atoms with E-state index in [1.54, 1.807) is 12.1 Å². The maximum Gasteiger partial charge on any atom is 0.300 e. The van der Waals surface area contributed by atoms with Gasteiger partial charge in [0.05, 0.1) is 0 Å². The minimum absolute atomic E-state index is 0.0461. The summed E-state index contributed by atoms with van der Waals surface area (Å²) in [4.78, 5) is 20.8. The van der Waals surface area contributed by atoms with Crippen molar-refractivity contribution in [3.05, 3.63) is 46.7 Å². The summed E-state index contributed by atoms with van der Waals surface area (Å²) in [5.41, 5.74) is 6.44. The van der Waals surface area contributed by atoms with Gasteiger partial charge in [0.25, 0.3) is 11.7 Å². The number of nitrogens with zero attached hydrogens (tertiary/aromatic N) is 3. The first-order valence-corrected chi connectivity index (χ1v) is 7.93. The number of aromatic nitrogens is 3. The van der Waals surface area contributed by atoms with Crippen LogP contribution in [0.2, 0.25) is 0 Å². The van der Waals surface area contributed by atoms with Gasteiger partial charge < -0.3 is 15.6 Å². The number of carbonyl (C=O) groups is 1. The molecule has 0 saturated carbocycles. The summed E-state index contributed by atoms with van der Waals surface area (Å²) >= 11 is 1.06. The van der Waals surface area contributed by atoms with Crippen LogP contribution < -0.4 is 11.1 Å². The first kappa shape index (κ1) is 16.1. The van der Waals surface area contributed by atoms with Crippen LogP contribution in [0.4, 0.5) is 21.0 Å². The molecule has 24 heavy (non-hydrogen) atoms. The largest absolute Gasteiger partial charge is 0.382 e. The fourth-order valence-electron chi connectivity index (χ4n) is 1.86. The predicted molar refractivity (Wildman–Crippen MR) is 88.0 cm³/mol. The van der Waals surface area contributed by atoms with Crippen molar-refractivity contribution in [1.82, 2.24) is 15.1 Å². The Hall–Kier alpha value is -2.81. The van der Waals surface area contributed by atoms with Crippen molar-refractivity contribution in [3.63, 3.8) is 0 Å². The second-order valence-electron chi connectivity index (χ2n) is 5.31. The highest BCUT2D eigenvalue weighted by Crippen LogP contribution is 2.29. The minimum atomic E-state index is -0.475. The van der Waals surface area contributed by atoms with Crippen molar-refractivity contribution in [1.29, 1.82) is 0 Å². The first-order valence-electron chi connectivity index (χ1n) is 7.11. The highest BCUT2D eigenvalue weighted by molar-refractivity contribution is 7.18. The Morgan fingerprint density at radius 2 is 2.00 bits per heavy atom. The third-order valence-electron chi connectivity index (χ3n) is 3.11. The van der Waals surface area contributed by atoms with Crippen LogP contribution in [-0.2, 0) is 0 Å². The number of ketones is 1. The lowest BCUT2D eigenvalue weighted by Gasteiger charge is -2.00. The number of hydrogen-bond acceptors (Lipinski definition) is 8. The van der Waals surface area contributed by atoms with E-state index in [0.717, 1.165) is 11.3 Å². The molecule has 0 spiro atoms. The Morgan fingerprint density at radius 1 is 1.29 bits per heavy atom. The van der Waals surface area contributed by atoms with Gasteiger partial charge in [-0.25, -0.2) is 9.37 Å². The number of nitrogens with two attached hydrogens (primary N) is 1. The van der Waals surface area contributed by atoms with E-state index in [1.165, 1.54) is 12.1 Å². The molecule has 0 unspecified atom stereocenters. The number of halogens is 1. The molecule has 2 aromatic heterocycles. The predicted octanol–water partition coefficient (Wildman–Crippen LogP) is 3.35. The number of benzene rings is 1. The molecule has 0 saturated heterocycles. The van der Waals surface area contributed by atoms with Gasteiger partial charge in [-0.15, -0.1) is 0 Å².